The van der Waals surface area contributed by atoms with Crippen LogP contribution in [0.1, 0.15) is 11.1 Å². The van der Waals surface area contributed by atoms with E-state index < -0.39 is 23.7 Å². The normalized spacial score (nSPS) is 15.1. The smallest absolute Gasteiger partial charge is 0.336 e. The van der Waals surface area contributed by atoms with Gasteiger partial charge in [0.1, 0.15) is 23.7 Å². The number of nitrogens with one attached hydrogen (secondary N) is 1. The first kappa shape index (κ1) is 21.5. The van der Waals surface area contributed by atoms with Gasteiger partial charge in [-0.25, -0.2) is 14.1 Å². The van der Waals surface area contributed by atoms with Crippen molar-refractivity contribution >= 4 is 45.5 Å². The largest absolute Gasteiger partial charge is 0.489 e. The van der Waals surface area contributed by atoms with Crippen molar-refractivity contribution < 1.29 is 23.5 Å². The van der Waals surface area contributed by atoms with E-state index in [2.05, 4.69) is 21.2 Å². The molecular formula is C24H16BrFN2O4. The quantitative estimate of drug-likeness (QED) is 0.407. The summed E-state index contributed by atoms with van der Waals surface area (Å²) in [6, 6.07) is 18.8. The summed E-state index contributed by atoms with van der Waals surface area (Å²) in [6.45, 7) is 0.336. The third-order valence-electron chi connectivity index (χ3n) is 4.68. The zero-order valence-electron chi connectivity index (χ0n) is 16.5. The van der Waals surface area contributed by atoms with Gasteiger partial charge in [0.15, 0.2) is 0 Å². The average molecular weight is 495 g/mol. The standard InChI is InChI=1S/C24H16BrFN2O4/c25-17-10-8-15(9-11-17)14-32-18-5-3-4-16(12-18)13-19-22(29)27-24(31)28(23(19)30)21-7-2-1-6-20(21)26/h1-13H,14H2,(H,27,29,31)/b19-13+. The van der Waals surface area contributed by atoms with Gasteiger partial charge in [-0.15, -0.1) is 0 Å². The van der Waals surface area contributed by atoms with E-state index in [0.29, 0.717) is 22.8 Å². The molecule has 0 spiro atoms. The molecule has 4 amide bonds. The molecule has 32 heavy (non-hydrogen) atoms. The molecule has 0 saturated carbocycles. The lowest BCUT2D eigenvalue weighted by Gasteiger charge is -2.26. The molecule has 8 heteroatoms. The zero-order valence-corrected chi connectivity index (χ0v) is 18.1. The highest BCUT2D eigenvalue weighted by Crippen LogP contribution is 2.25. The molecule has 3 aromatic rings. The number of carbonyl (C=O) groups is 3. The number of para-hydroxylation sites is 1. The van der Waals surface area contributed by atoms with Gasteiger partial charge in [-0.3, -0.25) is 14.9 Å². The molecule has 0 aliphatic carbocycles. The van der Waals surface area contributed by atoms with Crippen molar-refractivity contribution in [3.8, 4) is 5.75 Å². The molecule has 1 heterocycles. The second-order valence-corrected chi connectivity index (χ2v) is 7.81. The predicted octanol–water partition coefficient (Wildman–Crippen LogP) is 4.83. The fourth-order valence-corrected chi connectivity index (χ4v) is 3.38. The second-order valence-electron chi connectivity index (χ2n) is 6.90. The fraction of sp³-hybridized carbons (Fsp3) is 0.0417. The number of hydrogen-bond donors (Lipinski definition) is 1. The van der Waals surface area contributed by atoms with Crippen LogP contribution in [0.25, 0.3) is 6.08 Å². The first-order valence-electron chi connectivity index (χ1n) is 9.55. The Hall–Kier alpha value is -3.78. The molecule has 1 N–H and O–H groups in total. The van der Waals surface area contributed by atoms with Crippen molar-refractivity contribution in [3.05, 3.63) is 99.8 Å². The Morgan fingerprint density at radius 2 is 1.72 bits per heavy atom. The van der Waals surface area contributed by atoms with Crippen LogP contribution >= 0.6 is 15.9 Å². The minimum Gasteiger partial charge on any atom is -0.489 e. The molecule has 1 saturated heterocycles. The van der Waals surface area contributed by atoms with Crippen molar-refractivity contribution in [2.24, 2.45) is 0 Å². The number of carbonyl (C=O) groups excluding carboxylic acids is 3. The van der Waals surface area contributed by atoms with Gasteiger partial charge in [0, 0.05) is 4.47 Å². The maximum Gasteiger partial charge on any atom is 0.336 e. The molecule has 0 atom stereocenters. The lowest BCUT2D eigenvalue weighted by atomic mass is 10.1. The van der Waals surface area contributed by atoms with E-state index in [1.165, 1.54) is 24.3 Å². The van der Waals surface area contributed by atoms with Crippen LogP contribution in [0.3, 0.4) is 0 Å². The SMILES string of the molecule is O=C1NC(=O)N(c2ccccc2F)C(=O)/C1=C/c1cccc(OCc2ccc(Br)cc2)c1. The Balaban J connectivity index is 1.58. The number of barbiturate groups is 1. The van der Waals surface area contributed by atoms with Crippen molar-refractivity contribution in [1.29, 1.82) is 0 Å². The van der Waals surface area contributed by atoms with Crippen LogP contribution in [0.15, 0.2) is 82.8 Å². The first-order valence-corrected chi connectivity index (χ1v) is 10.3. The summed E-state index contributed by atoms with van der Waals surface area (Å²) in [5.74, 6) is -1.99. The Bertz CT molecular complexity index is 1240. The van der Waals surface area contributed by atoms with E-state index in [-0.39, 0.29) is 11.3 Å². The highest BCUT2D eigenvalue weighted by Gasteiger charge is 2.37. The summed E-state index contributed by atoms with van der Waals surface area (Å²) in [5, 5.41) is 2.08. The van der Waals surface area contributed by atoms with Crippen LogP contribution in [-0.4, -0.2) is 17.8 Å². The molecule has 1 aliphatic heterocycles. The summed E-state index contributed by atoms with van der Waals surface area (Å²) >= 11 is 3.38. The predicted molar refractivity (Wildman–Crippen MR) is 120 cm³/mol. The van der Waals surface area contributed by atoms with E-state index in [1.807, 2.05) is 24.3 Å². The summed E-state index contributed by atoms with van der Waals surface area (Å²) < 4.78 is 20.9. The van der Waals surface area contributed by atoms with E-state index in [0.717, 1.165) is 16.1 Å². The van der Waals surface area contributed by atoms with Crippen molar-refractivity contribution in [2.45, 2.75) is 6.61 Å². The van der Waals surface area contributed by atoms with Crippen molar-refractivity contribution in [1.82, 2.24) is 5.32 Å². The number of anilines is 1. The lowest BCUT2D eigenvalue weighted by molar-refractivity contribution is -0.122. The minimum atomic E-state index is -1.01. The number of imide groups is 2. The number of nitrogens with zero attached hydrogens (tertiary/aromatic N) is 1. The van der Waals surface area contributed by atoms with Crippen LogP contribution in [0.5, 0.6) is 5.75 Å². The molecule has 0 unspecified atom stereocenters. The van der Waals surface area contributed by atoms with Crippen LogP contribution in [0, 0.1) is 5.82 Å². The third-order valence-corrected chi connectivity index (χ3v) is 5.21. The summed E-state index contributed by atoms with van der Waals surface area (Å²) in [5.41, 5.74) is 0.954. The highest BCUT2D eigenvalue weighted by molar-refractivity contribution is 9.10. The maximum absolute atomic E-state index is 14.2. The molecule has 1 aliphatic rings. The van der Waals surface area contributed by atoms with Gasteiger partial charge < -0.3 is 4.74 Å². The van der Waals surface area contributed by atoms with Crippen LogP contribution in [0.4, 0.5) is 14.9 Å². The highest BCUT2D eigenvalue weighted by atomic mass is 79.9. The van der Waals surface area contributed by atoms with Crippen LogP contribution in [0.2, 0.25) is 0 Å². The van der Waals surface area contributed by atoms with Gasteiger partial charge in [0.25, 0.3) is 11.8 Å². The molecule has 1 fully saturated rings. The van der Waals surface area contributed by atoms with Gasteiger partial charge in [0.2, 0.25) is 0 Å². The molecule has 3 aromatic carbocycles. The summed E-state index contributed by atoms with van der Waals surface area (Å²) in [7, 11) is 0. The van der Waals surface area contributed by atoms with Crippen molar-refractivity contribution in [2.75, 3.05) is 4.90 Å². The van der Waals surface area contributed by atoms with Gasteiger partial charge in [-0.05, 0) is 53.6 Å². The lowest BCUT2D eigenvalue weighted by Crippen LogP contribution is -2.54. The molecule has 6 nitrogen and oxygen atoms in total. The van der Waals surface area contributed by atoms with Gasteiger partial charge >= 0.3 is 6.03 Å². The Morgan fingerprint density at radius 1 is 0.969 bits per heavy atom. The molecule has 0 aromatic heterocycles. The number of hydrogen-bond acceptors (Lipinski definition) is 4. The molecule has 0 radical (unpaired) electrons. The number of ether oxygens (including phenoxy) is 1. The maximum atomic E-state index is 14.2. The monoisotopic (exact) mass is 494 g/mol. The third kappa shape index (κ3) is 4.60. The number of amides is 4. The molecule has 4 rings (SSSR count). The topological polar surface area (TPSA) is 75.7 Å². The number of halogens is 2. The molecule has 160 valence electrons. The Kier molecular flexibility index (Phi) is 6.13. The molecular weight excluding hydrogens is 479 g/mol. The Morgan fingerprint density at radius 3 is 2.47 bits per heavy atom. The average Bonchev–Trinajstić information content (AvgIpc) is 2.78. The number of urea groups is 1. The minimum absolute atomic E-state index is 0.236. The van der Waals surface area contributed by atoms with E-state index in [4.69, 9.17) is 4.74 Å². The van der Waals surface area contributed by atoms with E-state index >= 15 is 0 Å². The second kappa shape index (κ2) is 9.15. The Labute approximate surface area is 191 Å². The number of rotatable bonds is 5. The zero-order chi connectivity index (χ0) is 22.7. The van der Waals surface area contributed by atoms with Gasteiger partial charge in [0.05, 0.1) is 5.69 Å². The number of benzene rings is 3. The van der Waals surface area contributed by atoms with Crippen LogP contribution in [-0.2, 0) is 16.2 Å². The molecule has 0 bridgehead atoms. The van der Waals surface area contributed by atoms with Crippen molar-refractivity contribution in [3.63, 3.8) is 0 Å². The fourth-order valence-electron chi connectivity index (χ4n) is 3.12. The van der Waals surface area contributed by atoms with Crippen LogP contribution < -0.4 is 15.0 Å². The van der Waals surface area contributed by atoms with Gasteiger partial charge in [-0.2, -0.15) is 0 Å². The van der Waals surface area contributed by atoms with E-state index in [1.54, 1.807) is 24.3 Å². The summed E-state index contributed by atoms with van der Waals surface area (Å²) in [6.07, 6.45) is 1.34. The van der Waals surface area contributed by atoms with E-state index in [9.17, 15) is 18.8 Å². The van der Waals surface area contributed by atoms with Gasteiger partial charge in [-0.1, -0.05) is 52.3 Å². The summed E-state index contributed by atoms with van der Waals surface area (Å²) in [4.78, 5) is 38.1. The first-order chi connectivity index (χ1) is 15.4.